The Morgan fingerprint density at radius 2 is 1.26 bits per heavy atom. The van der Waals surface area contributed by atoms with Crippen LogP contribution in [0.4, 0.5) is 11.4 Å². The first-order chi connectivity index (χ1) is 27.6. The quantitative estimate of drug-likeness (QED) is 0.178. The molecule has 0 unspecified atom stereocenters. The van der Waals surface area contributed by atoms with Gasteiger partial charge in [0.2, 0.25) is 0 Å². The van der Waals surface area contributed by atoms with E-state index >= 15 is 0 Å². The standard InChI is InChI=1S/C53H42BN2S/c1-30-25-39-40(53(4,5)24-23-52(39,2)3)29-43(30)55-42-22-21-37-35-17-10-11-20-46(35)57-51(37)48(42)47-34-16-9-8-15-33(34)28-45-49(47)54-41-19-12-18-36-38-26-31-13-6-7-14-32(31)27-44(38)56(45)50(36)41/h6-22,25-29,55H,23-24H2,1-5H3. The number of benzene rings is 8. The van der Waals surface area contributed by atoms with Crippen molar-refractivity contribution in [1.29, 1.82) is 0 Å². The zero-order valence-corrected chi connectivity index (χ0v) is 33.9. The van der Waals surface area contributed by atoms with Crippen molar-refractivity contribution in [1.82, 2.24) is 4.57 Å². The van der Waals surface area contributed by atoms with Gasteiger partial charge in [0.05, 0.1) is 5.52 Å². The highest BCUT2D eigenvalue weighted by molar-refractivity contribution is 7.26. The molecule has 4 heteroatoms. The molecule has 1 N–H and O–H groups in total. The highest BCUT2D eigenvalue weighted by atomic mass is 32.1. The second-order valence-corrected chi connectivity index (χ2v) is 19.0. The molecule has 0 saturated carbocycles. The Hall–Kier alpha value is -5.84. The van der Waals surface area contributed by atoms with Crippen LogP contribution >= 0.6 is 11.3 Å². The minimum absolute atomic E-state index is 0.112. The molecule has 0 fully saturated rings. The topological polar surface area (TPSA) is 17.0 Å². The average molecular weight is 750 g/mol. The van der Waals surface area contributed by atoms with Crippen LogP contribution in [0, 0.1) is 6.92 Å². The zero-order chi connectivity index (χ0) is 38.4. The first-order valence-corrected chi connectivity index (χ1v) is 21.2. The predicted octanol–water partition coefficient (Wildman–Crippen LogP) is 13.5. The van der Waals surface area contributed by atoms with Gasteiger partial charge >= 0.3 is 0 Å². The van der Waals surface area contributed by atoms with Crippen LogP contribution in [-0.4, -0.2) is 11.8 Å². The van der Waals surface area contributed by atoms with Gasteiger partial charge in [-0.2, -0.15) is 0 Å². The highest BCUT2D eigenvalue weighted by Gasteiger charge is 2.38. The normalized spacial score (nSPS) is 15.4. The summed E-state index contributed by atoms with van der Waals surface area (Å²) in [7, 11) is 2.47. The lowest BCUT2D eigenvalue weighted by molar-refractivity contribution is 0.332. The van der Waals surface area contributed by atoms with Crippen molar-refractivity contribution in [3.05, 3.63) is 150 Å². The molecule has 0 amide bonds. The maximum atomic E-state index is 4.13. The van der Waals surface area contributed by atoms with Crippen LogP contribution in [0.15, 0.2) is 133 Å². The van der Waals surface area contributed by atoms with E-state index in [9.17, 15) is 0 Å². The third-order valence-corrected chi connectivity index (χ3v) is 14.8. The van der Waals surface area contributed by atoms with Gasteiger partial charge < -0.3 is 9.88 Å². The fourth-order valence-corrected chi connectivity index (χ4v) is 11.6. The summed E-state index contributed by atoms with van der Waals surface area (Å²) in [6, 6.07) is 50.5. The molecule has 8 aromatic carbocycles. The van der Waals surface area contributed by atoms with Gasteiger partial charge in [-0.3, -0.25) is 0 Å². The first-order valence-electron chi connectivity index (χ1n) is 20.4. The van der Waals surface area contributed by atoms with E-state index in [-0.39, 0.29) is 10.8 Å². The van der Waals surface area contributed by atoms with E-state index in [1.807, 2.05) is 11.3 Å². The summed E-state index contributed by atoms with van der Waals surface area (Å²) in [6.07, 6.45) is 2.39. The minimum atomic E-state index is 0.112. The summed E-state index contributed by atoms with van der Waals surface area (Å²) in [5.74, 6) is 0. The second kappa shape index (κ2) is 11.6. The molecular weight excluding hydrogens is 707 g/mol. The first kappa shape index (κ1) is 33.3. The Morgan fingerprint density at radius 3 is 2.07 bits per heavy atom. The zero-order valence-electron chi connectivity index (χ0n) is 33.0. The Bertz CT molecular complexity index is 3380. The lowest BCUT2D eigenvalue weighted by atomic mass is 9.58. The maximum Gasteiger partial charge on any atom is 0.197 e. The molecule has 0 atom stereocenters. The monoisotopic (exact) mass is 749 g/mol. The second-order valence-electron chi connectivity index (χ2n) is 17.9. The molecule has 1 radical (unpaired) electrons. The number of fused-ring (bicyclic) bond motifs is 11. The van der Waals surface area contributed by atoms with Gasteiger partial charge in [-0.15, -0.1) is 11.3 Å². The molecule has 0 spiro atoms. The van der Waals surface area contributed by atoms with Crippen molar-refractivity contribution in [3.63, 3.8) is 0 Å². The van der Waals surface area contributed by atoms with Crippen LogP contribution in [0.25, 0.3) is 80.3 Å². The van der Waals surface area contributed by atoms with Crippen molar-refractivity contribution in [3.8, 4) is 16.8 Å². The van der Waals surface area contributed by atoms with E-state index in [1.54, 1.807) is 0 Å². The Labute approximate surface area is 338 Å². The molecule has 273 valence electrons. The Balaban J connectivity index is 1.19. The molecular formula is C53H42BN2S. The van der Waals surface area contributed by atoms with Gasteiger partial charge in [0, 0.05) is 59.1 Å². The van der Waals surface area contributed by atoms with Gasteiger partial charge in [0.25, 0.3) is 0 Å². The van der Waals surface area contributed by atoms with Crippen molar-refractivity contribution >= 4 is 104 Å². The smallest absolute Gasteiger partial charge is 0.197 e. The van der Waals surface area contributed by atoms with Crippen LogP contribution < -0.4 is 16.2 Å². The number of thiophene rings is 1. The van der Waals surface area contributed by atoms with E-state index in [0.717, 1.165) is 5.69 Å². The molecule has 0 saturated heterocycles. The molecule has 2 nitrogen and oxygen atoms in total. The molecule has 3 heterocycles. The molecule has 10 aromatic rings. The fraction of sp³-hybridized carbons (Fsp3) is 0.170. The van der Waals surface area contributed by atoms with Gasteiger partial charge in [0.1, 0.15) is 0 Å². The maximum absolute atomic E-state index is 4.13. The molecule has 1 aliphatic heterocycles. The number of para-hydroxylation sites is 1. The number of rotatable bonds is 3. The molecule has 2 aromatic heterocycles. The van der Waals surface area contributed by atoms with E-state index in [4.69, 9.17) is 0 Å². The Morgan fingerprint density at radius 1 is 0.579 bits per heavy atom. The summed E-state index contributed by atoms with van der Waals surface area (Å²) in [4.78, 5) is 0. The summed E-state index contributed by atoms with van der Waals surface area (Å²) >= 11 is 1.92. The van der Waals surface area contributed by atoms with Gasteiger partial charge in [0.15, 0.2) is 7.28 Å². The van der Waals surface area contributed by atoms with Crippen molar-refractivity contribution in [2.75, 3.05) is 5.32 Å². The van der Waals surface area contributed by atoms with E-state index in [0.29, 0.717) is 0 Å². The lowest BCUT2D eigenvalue weighted by Crippen LogP contribution is -2.37. The highest BCUT2D eigenvalue weighted by Crippen LogP contribution is 2.50. The SMILES string of the molecule is Cc1cc2c(cc1Nc1ccc3c(sc4ccccc43)c1-c1c3c(cc4ccccc14)-n1c4cc5ccccc5cc4c4cccc(c41)[B]3)C(C)(C)CCC2(C)C. The molecule has 1 aliphatic carbocycles. The van der Waals surface area contributed by atoms with Crippen LogP contribution in [0.1, 0.15) is 57.2 Å². The average Bonchev–Trinajstić information content (AvgIpc) is 3.75. The van der Waals surface area contributed by atoms with Crippen molar-refractivity contribution < 1.29 is 0 Å². The van der Waals surface area contributed by atoms with Crippen LogP contribution in [0.2, 0.25) is 0 Å². The fourth-order valence-electron chi connectivity index (χ4n) is 10.4. The Kier molecular flexibility index (Phi) is 6.79. The largest absolute Gasteiger partial charge is 0.355 e. The number of hydrogen-bond acceptors (Lipinski definition) is 2. The molecule has 0 bridgehead atoms. The third-order valence-electron chi connectivity index (χ3n) is 13.6. The van der Waals surface area contributed by atoms with Crippen molar-refractivity contribution in [2.24, 2.45) is 0 Å². The van der Waals surface area contributed by atoms with Gasteiger partial charge in [-0.1, -0.05) is 130 Å². The predicted molar refractivity (Wildman–Crippen MR) is 249 cm³/mol. The summed E-state index contributed by atoms with van der Waals surface area (Å²) in [5.41, 5.74) is 15.7. The minimum Gasteiger partial charge on any atom is -0.355 e. The molecule has 12 rings (SSSR count). The van der Waals surface area contributed by atoms with E-state index in [2.05, 4.69) is 185 Å². The molecule has 2 aliphatic rings. The summed E-state index contributed by atoms with van der Waals surface area (Å²) < 4.78 is 5.19. The number of aromatic nitrogens is 1. The number of nitrogens with one attached hydrogen (secondary N) is 1. The van der Waals surface area contributed by atoms with Crippen LogP contribution in [0.5, 0.6) is 0 Å². The van der Waals surface area contributed by atoms with E-state index in [1.165, 1.54) is 126 Å². The molecule has 57 heavy (non-hydrogen) atoms. The van der Waals surface area contributed by atoms with Gasteiger partial charge in [-0.05, 0) is 116 Å². The third kappa shape index (κ3) is 4.71. The lowest BCUT2D eigenvalue weighted by Gasteiger charge is -2.42. The van der Waals surface area contributed by atoms with Crippen LogP contribution in [-0.2, 0) is 10.8 Å². The van der Waals surface area contributed by atoms with E-state index < -0.39 is 0 Å². The number of nitrogens with zero attached hydrogens (tertiary/aromatic N) is 1. The van der Waals surface area contributed by atoms with Crippen LogP contribution in [0.3, 0.4) is 0 Å². The number of aryl methyl sites for hydroxylation is 1. The van der Waals surface area contributed by atoms with Gasteiger partial charge in [-0.25, -0.2) is 0 Å². The number of anilines is 2. The summed E-state index contributed by atoms with van der Waals surface area (Å²) in [5, 5.41) is 14.4. The van der Waals surface area contributed by atoms with Crippen molar-refractivity contribution in [2.45, 2.75) is 58.3 Å². The summed E-state index contributed by atoms with van der Waals surface area (Å²) in [6.45, 7) is 12.0. The number of hydrogen-bond donors (Lipinski definition) is 1.